The Labute approximate surface area is 92.5 Å². The van der Waals surface area contributed by atoms with Gasteiger partial charge in [-0.15, -0.1) is 0 Å². The average molecular weight is 218 g/mol. The maximum Gasteiger partial charge on any atom is 0.349 e. The fraction of sp³-hybridized carbons (Fsp3) is 0.545. The Hall–Kier alpha value is -1.65. The monoisotopic (exact) mass is 218 g/mol. The van der Waals surface area contributed by atoms with Gasteiger partial charge in [0, 0.05) is 11.5 Å². The molecule has 5 nitrogen and oxygen atoms in total. The van der Waals surface area contributed by atoms with Crippen LogP contribution in [0.2, 0.25) is 0 Å². The Morgan fingerprint density at radius 3 is 2.88 bits per heavy atom. The molecule has 3 rings (SSSR count). The molecule has 0 saturated heterocycles. The average Bonchev–Trinajstić information content (AvgIpc) is 2.98. The van der Waals surface area contributed by atoms with Crippen LogP contribution in [0.25, 0.3) is 5.65 Å². The third-order valence-corrected chi connectivity index (χ3v) is 3.01. The zero-order valence-corrected chi connectivity index (χ0v) is 9.40. The summed E-state index contributed by atoms with van der Waals surface area (Å²) in [5.41, 5.74) is 1.56. The maximum atomic E-state index is 11.8. The topological polar surface area (TPSA) is 63.1 Å². The fourth-order valence-electron chi connectivity index (χ4n) is 1.88. The first kappa shape index (κ1) is 9.57. The van der Waals surface area contributed by atoms with Gasteiger partial charge in [-0.1, -0.05) is 13.8 Å². The zero-order valence-electron chi connectivity index (χ0n) is 9.40. The van der Waals surface area contributed by atoms with Crippen molar-refractivity contribution in [2.75, 3.05) is 0 Å². The van der Waals surface area contributed by atoms with Crippen LogP contribution in [0.1, 0.15) is 49.9 Å². The SMILES string of the molecule is CC(C)c1cnn2c(=O)[nH]c(C3CC3)nc12. The Balaban J connectivity index is 2.28. The molecule has 5 heteroatoms. The third kappa shape index (κ3) is 1.35. The summed E-state index contributed by atoms with van der Waals surface area (Å²) in [4.78, 5) is 19.1. The van der Waals surface area contributed by atoms with Crippen LogP contribution in [0.5, 0.6) is 0 Å². The van der Waals surface area contributed by atoms with Crippen molar-refractivity contribution in [3.8, 4) is 0 Å². The number of fused-ring (bicyclic) bond motifs is 1. The molecule has 2 heterocycles. The van der Waals surface area contributed by atoms with Crippen molar-refractivity contribution in [2.24, 2.45) is 0 Å². The highest BCUT2D eigenvalue weighted by molar-refractivity contribution is 5.47. The first-order valence-electron chi connectivity index (χ1n) is 5.64. The number of hydrogen-bond acceptors (Lipinski definition) is 3. The van der Waals surface area contributed by atoms with Crippen molar-refractivity contribution in [2.45, 2.75) is 38.5 Å². The van der Waals surface area contributed by atoms with E-state index in [4.69, 9.17) is 0 Å². The van der Waals surface area contributed by atoms with Gasteiger partial charge in [0.1, 0.15) is 5.82 Å². The highest BCUT2D eigenvalue weighted by Crippen LogP contribution is 2.37. The summed E-state index contributed by atoms with van der Waals surface area (Å²) in [5, 5.41) is 4.07. The Bertz CT molecular complexity index is 592. The van der Waals surface area contributed by atoms with E-state index in [1.807, 2.05) is 0 Å². The second-order valence-electron chi connectivity index (χ2n) is 4.69. The van der Waals surface area contributed by atoms with Gasteiger partial charge in [0.15, 0.2) is 5.65 Å². The number of rotatable bonds is 2. The minimum atomic E-state index is -0.182. The van der Waals surface area contributed by atoms with Crippen LogP contribution in [-0.4, -0.2) is 19.6 Å². The van der Waals surface area contributed by atoms with Crippen LogP contribution < -0.4 is 5.69 Å². The van der Waals surface area contributed by atoms with E-state index >= 15 is 0 Å². The molecule has 2 aromatic heterocycles. The maximum absolute atomic E-state index is 11.8. The van der Waals surface area contributed by atoms with E-state index < -0.39 is 0 Å². The van der Waals surface area contributed by atoms with Crippen LogP contribution in [-0.2, 0) is 0 Å². The zero-order chi connectivity index (χ0) is 11.3. The molecule has 1 aliphatic rings. The number of aromatic amines is 1. The van der Waals surface area contributed by atoms with E-state index in [9.17, 15) is 4.79 Å². The molecule has 0 radical (unpaired) electrons. The molecule has 1 N–H and O–H groups in total. The van der Waals surface area contributed by atoms with Gasteiger partial charge in [-0.25, -0.2) is 9.78 Å². The Morgan fingerprint density at radius 1 is 1.50 bits per heavy atom. The van der Waals surface area contributed by atoms with Gasteiger partial charge in [0.25, 0.3) is 0 Å². The number of H-pyrrole nitrogens is 1. The van der Waals surface area contributed by atoms with Gasteiger partial charge in [-0.3, -0.25) is 4.98 Å². The molecular weight excluding hydrogens is 204 g/mol. The lowest BCUT2D eigenvalue weighted by Crippen LogP contribution is -2.20. The van der Waals surface area contributed by atoms with Crippen molar-refractivity contribution in [1.82, 2.24) is 19.6 Å². The predicted octanol–water partition coefficient (Wildman–Crippen LogP) is 1.42. The Morgan fingerprint density at radius 2 is 2.25 bits per heavy atom. The highest BCUT2D eigenvalue weighted by Gasteiger charge is 2.27. The summed E-state index contributed by atoms with van der Waals surface area (Å²) in [6.07, 6.45) is 3.99. The molecule has 0 aromatic carbocycles. The van der Waals surface area contributed by atoms with Gasteiger partial charge in [0.2, 0.25) is 0 Å². The van der Waals surface area contributed by atoms with Gasteiger partial charge in [0.05, 0.1) is 6.20 Å². The third-order valence-electron chi connectivity index (χ3n) is 3.01. The van der Waals surface area contributed by atoms with Crippen molar-refractivity contribution in [3.05, 3.63) is 28.1 Å². The standard InChI is InChI=1S/C11H14N4O/c1-6(2)8-5-12-15-10(8)13-9(7-3-4-7)14-11(15)16/h5-7H,3-4H2,1-2H3,(H,13,14,16). The quantitative estimate of drug-likeness (QED) is 0.829. The molecule has 0 atom stereocenters. The van der Waals surface area contributed by atoms with Crippen LogP contribution in [0.3, 0.4) is 0 Å². The second kappa shape index (κ2) is 3.17. The normalized spacial score (nSPS) is 16.2. The summed E-state index contributed by atoms with van der Waals surface area (Å²) in [5.74, 6) is 1.60. The lowest BCUT2D eigenvalue weighted by atomic mass is 10.1. The van der Waals surface area contributed by atoms with Crippen LogP contribution in [0.15, 0.2) is 11.0 Å². The van der Waals surface area contributed by atoms with E-state index in [1.54, 1.807) is 6.20 Å². The van der Waals surface area contributed by atoms with Gasteiger partial charge >= 0.3 is 5.69 Å². The molecule has 1 fully saturated rings. The van der Waals surface area contributed by atoms with Crippen molar-refractivity contribution < 1.29 is 0 Å². The first-order chi connectivity index (χ1) is 7.66. The molecule has 0 bridgehead atoms. The van der Waals surface area contributed by atoms with Crippen LogP contribution >= 0.6 is 0 Å². The molecular formula is C11H14N4O. The van der Waals surface area contributed by atoms with Crippen molar-refractivity contribution in [1.29, 1.82) is 0 Å². The van der Waals surface area contributed by atoms with E-state index in [1.165, 1.54) is 4.52 Å². The molecule has 0 aliphatic heterocycles. The number of aromatic nitrogens is 4. The van der Waals surface area contributed by atoms with E-state index in [-0.39, 0.29) is 5.69 Å². The van der Waals surface area contributed by atoms with E-state index in [2.05, 4.69) is 28.9 Å². The predicted molar refractivity (Wildman–Crippen MR) is 59.7 cm³/mol. The second-order valence-corrected chi connectivity index (χ2v) is 4.69. The lowest BCUT2D eigenvalue weighted by Gasteiger charge is -2.02. The number of nitrogens with one attached hydrogen (secondary N) is 1. The van der Waals surface area contributed by atoms with E-state index in [0.717, 1.165) is 24.2 Å². The van der Waals surface area contributed by atoms with Gasteiger partial charge in [-0.05, 0) is 18.8 Å². The minimum Gasteiger partial charge on any atom is -0.294 e. The molecule has 0 unspecified atom stereocenters. The summed E-state index contributed by atoms with van der Waals surface area (Å²) in [6.45, 7) is 4.16. The van der Waals surface area contributed by atoms with Crippen LogP contribution in [0.4, 0.5) is 0 Å². The van der Waals surface area contributed by atoms with E-state index in [0.29, 0.717) is 17.5 Å². The largest absolute Gasteiger partial charge is 0.349 e. The van der Waals surface area contributed by atoms with Crippen molar-refractivity contribution >= 4 is 5.65 Å². The summed E-state index contributed by atoms with van der Waals surface area (Å²) in [6, 6.07) is 0. The molecule has 0 spiro atoms. The number of hydrogen-bond donors (Lipinski definition) is 1. The molecule has 16 heavy (non-hydrogen) atoms. The summed E-state index contributed by atoms with van der Waals surface area (Å²) < 4.78 is 1.35. The summed E-state index contributed by atoms with van der Waals surface area (Å²) in [7, 11) is 0. The van der Waals surface area contributed by atoms with Crippen molar-refractivity contribution in [3.63, 3.8) is 0 Å². The molecule has 1 aliphatic carbocycles. The fourth-order valence-corrected chi connectivity index (χ4v) is 1.88. The minimum absolute atomic E-state index is 0.182. The van der Waals surface area contributed by atoms with Gasteiger partial charge < -0.3 is 0 Å². The van der Waals surface area contributed by atoms with Crippen LogP contribution in [0, 0.1) is 0 Å². The smallest absolute Gasteiger partial charge is 0.294 e. The summed E-state index contributed by atoms with van der Waals surface area (Å²) >= 11 is 0. The Kier molecular flexibility index (Phi) is 1.89. The molecule has 2 aromatic rings. The molecule has 1 saturated carbocycles. The first-order valence-corrected chi connectivity index (χ1v) is 5.64. The lowest BCUT2D eigenvalue weighted by molar-refractivity contribution is 0.789. The number of nitrogens with zero attached hydrogens (tertiary/aromatic N) is 3. The van der Waals surface area contributed by atoms with Gasteiger partial charge in [-0.2, -0.15) is 9.61 Å². The molecule has 0 amide bonds. The highest BCUT2D eigenvalue weighted by atomic mass is 16.1. The molecule has 84 valence electrons.